The van der Waals surface area contributed by atoms with Gasteiger partial charge in [0.1, 0.15) is 22.0 Å². The van der Waals surface area contributed by atoms with Crippen molar-refractivity contribution in [3.63, 3.8) is 0 Å². The highest BCUT2D eigenvalue weighted by atomic mass is 32.1. The van der Waals surface area contributed by atoms with Gasteiger partial charge in [0.05, 0.1) is 13.0 Å². The topological polar surface area (TPSA) is 94.5 Å². The molecular weight excluding hydrogens is 436 g/mol. The highest BCUT2D eigenvalue weighted by Crippen LogP contribution is 2.30. The second-order valence-electron chi connectivity index (χ2n) is 7.80. The standard InChI is InChI=1S/C24H26N6O2S/c1-16-4-6-18(7-5-16)30(3)21-9-8-19-23(28-21)33-24(26-19)27-20-14-17(10-11-25-20)15-22(32)29(2)12-13-31/h4-11,14,31H,12-13,15H2,1-3H3,(H,25,26,27). The number of rotatable bonds is 8. The van der Waals surface area contributed by atoms with Crippen LogP contribution in [0, 0.1) is 6.92 Å². The van der Waals surface area contributed by atoms with Crippen molar-refractivity contribution >= 4 is 50.0 Å². The third kappa shape index (κ3) is 5.44. The molecule has 8 nitrogen and oxygen atoms in total. The number of aromatic nitrogens is 3. The minimum Gasteiger partial charge on any atom is -0.395 e. The Morgan fingerprint density at radius 1 is 1.09 bits per heavy atom. The van der Waals surface area contributed by atoms with Gasteiger partial charge < -0.3 is 20.2 Å². The average molecular weight is 463 g/mol. The lowest BCUT2D eigenvalue weighted by atomic mass is 10.2. The van der Waals surface area contributed by atoms with Crippen molar-refractivity contribution in [2.75, 3.05) is 37.5 Å². The molecule has 0 aliphatic carbocycles. The van der Waals surface area contributed by atoms with Crippen LogP contribution >= 0.6 is 11.3 Å². The summed E-state index contributed by atoms with van der Waals surface area (Å²) in [6.07, 6.45) is 1.90. The molecule has 0 atom stereocenters. The van der Waals surface area contributed by atoms with Gasteiger partial charge in [-0.25, -0.2) is 15.0 Å². The molecule has 1 amide bonds. The molecule has 3 aromatic heterocycles. The van der Waals surface area contributed by atoms with Crippen molar-refractivity contribution < 1.29 is 9.90 Å². The number of aliphatic hydroxyl groups is 1. The maximum atomic E-state index is 12.2. The van der Waals surface area contributed by atoms with Crippen LogP contribution in [0.2, 0.25) is 0 Å². The number of benzene rings is 1. The molecule has 0 aliphatic rings. The maximum absolute atomic E-state index is 12.2. The first-order chi connectivity index (χ1) is 15.9. The lowest BCUT2D eigenvalue weighted by molar-refractivity contribution is -0.129. The van der Waals surface area contributed by atoms with Crippen LogP contribution in [-0.2, 0) is 11.2 Å². The molecule has 0 fully saturated rings. The monoisotopic (exact) mass is 462 g/mol. The van der Waals surface area contributed by atoms with E-state index in [1.807, 2.05) is 36.2 Å². The Balaban J connectivity index is 1.49. The third-order valence-electron chi connectivity index (χ3n) is 5.28. The molecule has 0 bridgehead atoms. The smallest absolute Gasteiger partial charge is 0.226 e. The van der Waals surface area contributed by atoms with Crippen LogP contribution in [0.5, 0.6) is 0 Å². The zero-order chi connectivity index (χ0) is 23.4. The predicted molar refractivity (Wildman–Crippen MR) is 133 cm³/mol. The van der Waals surface area contributed by atoms with Crippen LogP contribution < -0.4 is 10.2 Å². The van der Waals surface area contributed by atoms with Crippen LogP contribution in [0.15, 0.2) is 54.7 Å². The number of nitrogens with one attached hydrogen (secondary N) is 1. The van der Waals surface area contributed by atoms with E-state index < -0.39 is 0 Å². The Kier molecular flexibility index (Phi) is 6.81. The number of hydrogen-bond acceptors (Lipinski definition) is 8. The van der Waals surface area contributed by atoms with Crippen LogP contribution in [0.3, 0.4) is 0 Å². The molecule has 170 valence electrons. The van der Waals surface area contributed by atoms with Gasteiger partial charge in [-0.1, -0.05) is 29.0 Å². The zero-order valence-corrected chi connectivity index (χ0v) is 19.6. The summed E-state index contributed by atoms with van der Waals surface area (Å²) in [6.45, 7) is 2.33. The van der Waals surface area contributed by atoms with Crippen molar-refractivity contribution in [2.45, 2.75) is 13.3 Å². The van der Waals surface area contributed by atoms with E-state index in [-0.39, 0.29) is 18.9 Å². The second-order valence-corrected chi connectivity index (χ2v) is 8.77. The van der Waals surface area contributed by atoms with Crippen LogP contribution in [0.1, 0.15) is 11.1 Å². The van der Waals surface area contributed by atoms with E-state index in [0.717, 1.165) is 27.4 Å². The fourth-order valence-corrected chi connectivity index (χ4v) is 4.13. The van der Waals surface area contributed by atoms with E-state index in [0.29, 0.717) is 17.5 Å². The molecule has 0 radical (unpaired) electrons. The molecule has 0 saturated heterocycles. The number of anilines is 4. The summed E-state index contributed by atoms with van der Waals surface area (Å²) in [5.41, 5.74) is 3.92. The first kappa shape index (κ1) is 22.6. The number of fused-ring (bicyclic) bond motifs is 1. The Morgan fingerprint density at radius 2 is 1.88 bits per heavy atom. The van der Waals surface area contributed by atoms with E-state index >= 15 is 0 Å². The highest BCUT2D eigenvalue weighted by molar-refractivity contribution is 7.21. The molecule has 4 rings (SSSR count). The van der Waals surface area contributed by atoms with Crippen LogP contribution in [0.4, 0.5) is 22.5 Å². The summed E-state index contributed by atoms with van der Waals surface area (Å²) in [7, 11) is 3.67. The highest BCUT2D eigenvalue weighted by Gasteiger charge is 2.12. The lowest BCUT2D eigenvalue weighted by Crippen LogP contribution is -2.30. The van der Waals surface area contributed by atoms with Crippen molar-refractivity contribution in [3.8, 4) is 0 Å². The number of pyridine rings is 2. The van der Waals surface area contributed by atoms with Gasteiger partial charge in [-0.2, -0.15) is 0 Å². The molecule has 0 saturated carbocycles. The first-order valence-electron chi connectivity index (χ1n) is 10.6. The Morgan fingerprint density at radius 3 is 2.64 bits per heavy atom. The average Bonchev–Trinajstić information content (AvgIpc) is 3.21. The first-order valence-corrected chi connectivity index (χ1v) is 11.4. The molecule has 3 heterocycles. The fraction of sp³-hybridized carbons (Fsp3) is 0.250. The summed E-state index contributed by atoms with van der Waals surface area (Å²) in [5.74, 6) is 1.39. The van der Waals surface area contributed by atoms with Crippen molar-refractivity contribution in [3.05, 3.63) is 65.9 Å². The van der Waals surface area contributed by atoms with Gasteiger partial charge in [0, 0.05) is 32.5 Å². The van der Waals surface area contributed by atoms with Crippen LogP contribution in [0.25, 0.3) is 10.3 Å². The fourth-order valence-electron chi connectivity index (χ4n) is 3.29. The summed E-state index contributed by atoms with van der Waals surface area (Å²) < 4.78 is 0. The molecule has 0 unspecified atom stereocenters. The van der Waals surface area contributed by atoms with Gasteiger partial charge in [-0.05, 0) is 48.9 Å². The van der Waals surface area contributed by atoms with E-state index in [1.165, 1.54) is 21.8 Å². The number of amides is 1. The molecule has 9 heteroatoms. The number of thiazole rings is 1. The van der Waals surface area contributed by atoms with Gasteiger partial charge in [0.15, 0.2) is 5.13 Å². The molecule has 0 spiro atoms. The van der Waals surface area contributed by atoms with E-state index in [1.54, 1.807) is 13.2 Å². The number of aliphatic hydroxyl groups excluding tert-OH is 1. The lowest BCUT2D eigenvalue weighted by Gasteiger charge is -2.18. The van der Waals surface area contributed by atoms with E-state index in [4.69, 9.17) is 10.1 Å². The second kappa shape index (κ2) is 9.93. The summed E-state index contributed by atoms with van der Waals surface area (Å²) in [5, 5.41) is 12.9. The van der Waals surface area contributed by atoms with Crippen molar-refractivity contribution in [2.24, 2.45) is 0 Å². The number of carbonyl (C=O) groups excluding carboxylic acids is 1. The number of aryl methyl sites for hydroxylation is 1. The SMILES string of the molecule is Cc1ccc(N(C)c2ccc3nc(Nc4cc(CC(=O)N(C)CCO)ccn4)sc3n2)cc1. The van der Waals surface area contributed by atoms with Crippen LogP contribution in [-0.4, -0.2) is 58.1 Å². The van der Waals surface area contributed by atoms with E-state index in [2.05, 4.69) is 46.5 Å². The normalized spacial score (nSPS) is 10.9. The molecule has 4 aromatic rings. The maximum Gasteiger partial charge on any atom is 0.226 e. The quantitative estimate of drug-likeness (QED) is 0.410. The minimum absolute atomic E-state index is 0.0560. The number of nitrogens with zero attached hydrogens (tertiary/aromatic N) is 5. The number of likely N-dealkylation sites (N-methyl/N-ethyl adjacent to an activating group) is 1. The van der Waals surface area contributed by atoms with Gasteiger partial charge >= 0.3 is 0 Å². The molecular formula is C24H26N6O2S. The molecule has 1 aromatic carbocycles. The van der Waals surface area contributed by atoms with E-state index in [9.17, 15) is 4.79 Å². The van der Waals surface area contributed by atoms with Crippen molar-refractivity contribution in [1.82, 2.24) is 19.9 Å². The summed E-state index contributed by atoms with van der Waals surface area (Å²) in [6, 6.07) is 15.9. The zero-order valence-electron chi connectivity index (χ0n) is 18.8. The Hall–Kier alpha value is -3.56. The largest absolute Gasteiger partial charge is 0.395 e. The van der Waals surface area contributed by atoms with Gasteiger partial charge in [0.2, 0.25) is 5.91 Å². The minimum atomic E-state index is -0.0596. The molecule has 2 N–H and O–H groups in total. The third-order valence-corrected chi connectivity index (χ3v) is 6.16. The Labute approximate surface area is 196 Å². The number of carbonyl (C=O) groups is 1. The van der Waals surface area contributed by atoms with Gasteiger partial charge in [-0.3, -0.25) is 4.79 Å². The predicted octanol–water partition coefficient (Wildman–Crippen LogP) is 3.90. The van der Waals surface area contributed by atoms with Gasteiger partial charge in [0.25, 0.3) is 0 Å². The number of hydrogen-bond donors (Lipinski definition) is 2. The molecule has 33 heavy (non-hydrogen) atoms. The Bertz CT molecular complexity index is 1260. The summed E-state index contributed by atoms with van der Waals surface area (Å²) in [4.78, 5) is 30.4. The molecule has 0 aliphatic heterocycles. The van der Waals surface area contributed by atoms with Crippen molar-refractivity contribution in [1.29, 1.82) is 0 Å². The summed E-state index contributed by atoms with van der Waals surface area (Å²) >= 11 is 1.45. The van der Waals surface area contributed by atoms with Gasteiger partial charge in [-0.15, -0.1) is 0 Å².